The van der Waals surface area contributed by atoms with Crippen LogP contribution in [0.5, 0.6) is 0 Å². The van der Waals surface area contributed by atoms with Gasteiger partial charge in [-0.25, -0.2) is 4.79 Å². The quantitative estimate of drug-likeness (QED) is 0.502. The molecule has 0 aromatic heterocycles. The Bertz CT molecular complexity index is 693. The molecule has 25 heavy (non-hydrogen) atoms. The second-order valence-electron chi connectivity index (χ2n) is 7.53. The number of hydrogen-bond acceptors (Lipinski definition) is 3. The van der Waals surface area contributed by atoms with Crippen LogP contribution in [0.3, 0.4) is 0 Å². The molecule has 0 bridgehead atoms. The molecule has 0 saturated carbocycles. The number of nitrogens with zero attached hydrogens (tertiary/aromatic N) is 2. The maximum Gasteiger partial charge on any atom is 0.410 e. The summed E-state index contributed by atoms with van der Waals surface area (Å²) in [5.74, 6) is 2.83. The first-order chi connectivity index (χ1) is 11.6. The number of rotatable bonds is 2. The largest absolute Gasteiger partial charge is 0.444 e. The minimum Gasteiger partial charge on any atom is -0.444 e. The van der Waals surface area contributed by atoms with E-state index < -0.39 is 5.60 Å². The number of carbonyl (C=O) groups is 1. The van der Waals surface area contributed by atoms with Gasteiger partial charge in [-0.3, -0.25) is 4.90 Å². The highest BCUT2D eigenvalue weighted by atomic mass is 127. The van der Waals surface area contributed by atoms with Crippen molar-refractivity contribution in [3.8, 4) is 12.3 Å². The van der Waals surface area contributed by atoms with E-state index in [4.69, 9.17) is 11.2 Å². The van der Waals surface area contributed by atoms with Crippen LogP contribution < -0.4 is 0 Å². The van der Waals surface area contributed by atoms with Gasteiger partial charge in [0.2, 0.25) is 0 Å². The standard InChI is InChI=1S/C20H27IN2O2/c1-7-17-14(2)16(12-18(21)15(17)3)13-22-8-10-23(11-9-22)19(24)25-20(4,5)6/h1,12H,8-11,13H2,2-6H3. The van der Waals surface area contributed by atoms with Gasteiger partial charge in [0.25, 0.3) is 0 Å². The van der Waals surface area contributed by atoms with Crippen molar-refractivity contribution in [3.05, 3.63) is 31.9 Å². The molecule has 4 nitrogen and oxygen atoms in total. The first-order valence-corrected chi connectivity index (χ1v) is 9.65. The topological polar surface area (TPSA) is 32.8 Å². The Kier molecular flexibility index (Phi) is 6.39. The van der Waals surface area contributed by atoms with Crippen LogP contribution >= 0.6 is 22.6 Å². The predicted molar refractivity (Wildman–Crippen MR) is 110 cm³/mol. The summed E-state index contributed by atoms with van der Waals surface area (Å²) in [4.78, 5) is 16.3. The molecule has 0 unspecified atom stereocenters. The van der Waals surface area contributed by atoms with E-state index in [0.29, 0.717) is 13.1 Å². The smallest absolute Gasteiger partial charge is 0.410 e. The van der Waals surface area contributed by atoms with Gasteiger partial charge in [0.1, 0.15) is 5.60 Å². The fourth-order valence-corrected chi connectivity index (χ4v) is 3.61. The summed E-state index contributed by atoms with van der Waals surface area (Å²) in [6, 6.07) is 2.23. The lowest BCUT2D eigenvalue weighted by molar-refractivity contribution is 0.0139. The lowest BCUT2D eigenvalue weighted by atomic mass is 9.97. The van der Waals surface area contributed by atoms with Crippen molar-refractivity contribution < 1.29 is 9.53 Å². The Morgan fingerprint density at radius 1 is 1.24 bits per heavy atom. The van der Waals surface area contributed by atoms with E-state index in [0.717, 1.165) is 25.2 Å². The van der Waals surface area contributed by atoms with Crippen molar-refractivity contribution >= 4 is 28.7 Å². The van der Waals surface area contributed by atoms with E-state index in [1.807, 2.05) is 20.8 Å². The molecule has 1 heterocycles. The summed E-state index contributed by atoms with van der Waals surface area (Å²) < 4.78 is 6.66. The molecule has 1 fully saturated rings. The molecule has 1 amide bonds. The lowest BCUT2D eigenvalue weighted by Gasteiger charge is -2.36. The van der Waals surface area contributed by atoms with Crippen molar-refractivity contribution in [1.82, 2.24) is 9.80 Å². The molecule has 0 atom stereocenters. The van der Waals surface area contributed by atoms with Crippen molar-refractivity contribution in [1.29, 1.82) is 0 Å². The van der Waals surface area contributed by atoms with Crippen LogP contribution in [-0.2, 0) is 11.3 Å². The minimum atomic E-state index is -0.449. The van der Waals surface area contributed by atoms with Gasteiger partial charge in [0, 0.05) is 41.9 Å². The van der Waals surface area contributed by atoms with Crippen LogP contribution in [0.15, 0.2) is 6.07 Å². The molecule has 2 rings (SSSR count). The monoisotopic (exact) mass is 454 g/mol. The fraction of sp³-hybridized carbons (Fsp3) is 0.550. The molecule has 1 aromatic rings. The number of amides is 1. The second-order valence-corrected chi connectivity index (χ2v) is 8.69. The van der Waals surface area contributed by atoms with Crippen LogP contribution in [-0.4, -0.2) is 47.7 Å². The van der Waals surface area contributed by atoms with Gasteiger partial charge < -0.3 is 9.64 Å². The van der Waals surface area contributed by atoms with E-state index in [2.05, 4.69) is 53.3 Å². The molecule has 1 saturated heterocycles. The molecule has 0 aliphatic carbocycles. The summed E-state index contributed by atoms with van der Waals surface area (Å²) in [7, 11) is 0. The number of hydrogen-bond donors (Lipinski definition) is 0. The Morgan fingerprint density at radius 3 is 2.36 bits per heavy atom. The van der Waals surface area contributed by atoms with Crippen molar-refractivity contribution in [3.63, 3.8) is 0 Å². The summed E-state index contributed by atoms with van der Waals surface area (Å²) >= 11 is 2.35. The Balaban J connectivity index is 2.00. The summed E-state index contributed by atoms with van der Waals surface area (Å²) in [6.45, 7) is 13.8. The van der Waals surface area contributed by atoms with Gasteiger partial charge in [-0.1, -0.05) is 5.92 Å². The zero-order valence-electron chi connectivity index (χ0n) is 15.8. The van der Waals surface area contributed by atoms with E-state index in [1.165, 1.54) is 20.3 Å². The number of ether oxygens (including phenoxy) is 1. The number of carbonyl (C=O) groups excluding carboxylic acids is 1. The molecule has 5 heteroatoms. The zero-order valence-corrected chi connectivity index (χ0v) is 17.9. The molecular formula is C20H27IN2O2. The maximum absolute atomic E-state index is 12.2. The van der Waals surface area contributed by atoms with E-state index in [1.54, 1.807) is 4.90 Å². The predicted octanol–water partition coefficient (Wildman–Crippen LogP) is 3.94. The van der Waals surface area contributed by atoms with E-state index in [9.17, 15) is 4.79 Å². The third kappa shape index (κ3) is 5.11. The Labute approximate surface area is 165 Å². The van der Waals surface area contributed by atoms with Crippen LogP contribution in [0, 0.1) is 29.8 Å². The highest BCUT2D eigenvalue weighted by Crippen LogP contribution is 2.24. The molecular weight excluding hydrogens is 427 g/mol. The van der Waals surface area contributed by atoms with E-state index >= 15 is 0 Å². The highest BCUT2D eigenvalue weighted by molar-refractivity contribution is 14.1. The molecule has 136 valence electrons. The molecule has 0 N–H and O–H groups in total. The van der Waals surface area contributed by atoms with Crippen LogP contribution in [0.25, 0.3) is 0 Å². The van der Waals surface area contributed by atoms with Gasteiger partial charge >= 0.3 is 6.09 Å². The lowest BCUT2D eigenvalue weighted by Crippen LogP contribution is -2.49. The van der Waals surface area contributed by atoms with Gasteiger partial charge in [-0.15, -0.1) is 6.42 Å². The van der Waals surface area contributed by atoms with Gasteiger partial charge in [0.05, 0.1) is 0 Å². The number of halogens is 1. The SMILES string of the molecule is C#Cc1c(C)c(I)cc(CN2CCN(C(=O)OC(C)(C)C)CC2)c1C. The summed E-state index contributed by atoms with van der Waals surface area (Å²) in [6.07, 6.45) is 5.48. The zero-order chi connectivity index (χ0) is 18.8. The fourth-order valence-electron chi connectivity index (χ4n) is 2.97. The first kappa shape index (κ1) is 20.1. The van der Waals surface area contributed by atoms with Crippen LogP contribution in [0.1, 0.15) is 43.0 Å². The molecule has 0 radical (unpaired) electrons. The second kappa shape index (κ2) is 7.96. The van der Waals surface area contributed by atoms with Crippen LogP contribution in [0.4, 0.5) is 4.79 Å². The molecule has 1 aliphatic heterocycles. The number of piperazine rings is 1. The van der Waals surface area contributed by atoms with Gasteiger partial charge in [0.15, 0.2) is 0 Å². The maximum atomic E-state index is 12.2. The average Bonchev–Trinajstić information content (AvgIpc) is 2.52. The number of terminal acetylenes is 1. The summed E-state index contributed by atoms with van der Waals surface area (Å²) in [5.41, 5.74) is 4.20. The normalized spacial score (nSPS) is 15.8. The highest BCUT2D eigenvalue weighted by Gasteiger charge is 2.26. The molecule has 0 spiro atoms. The van der Waals surface area contributed by atoms with Crippen molar-refractivity contribution in [2.45, 2.75) is 46.8 Å². The van der Waals surface area contributed by atoms with Gasteiger partial charge in [-0.2, -0.15) is 0 Å². The van der Waals surface area contributed by atoms with E-state index in [-0.39, 0.29) is 6.09 Å². The minimum absolute atomic E-state index is 0.220. The average molecular weight is 454 g/mol. The summed E-state index contributed by atoms with van der Waals surface area (Å²) in [5, 5.41) is 0. The van der Waals surface area contributed by atoms with Crippen LogP contribution in [0.2, 0.25) is 0 Å². The van der Waals surface area contributed by atoms with Crippen molar-refractivity contribution in [2.24, 2.45) is 0 Å². The molecule has 1 aliphatic rings. The van der Waals surface area contributed by atoms with Gasteiger partial charge in [-0.05, 0) is 80.0 Å². The third-order valence-corrected chi connectivity index (χ3v) is 5.57. The third-order valence-electron chi connectivity index (χ3n) is 4.45. The first-order valence-electron chi connectivity index (χ1n) is 8.58. The Morgan fingerprint density at radius 2 is 1.84 bits per heavy atom. The van der Waals surface area contributed by atoms with Crippen molar-refractivity contribution in [2.75, 3.05) is 26.2 Å². The Hall–Kier alpha value is -1.26. The number of benzene rings is 1. The molecule has 1 aromatic carbocycles.